The molecule has 0 saturated carbocycles. The molecule has 1 aromatic carbocycles. The largest absolute Gasteiger partial charge is 0.480 e. The van der Waals surface area contributed by atoms with E-state index in [1.165, 1.54) is 0 Å². The Morgan fingerprint density at radius 2 is 2.11 bits per heavy atom. The molecule has 0 radical (unpaired) electrons. The van der Waals surface area contributed by atoms with E-state index < -0.39 is 18.4 Å². The summed E-state index contributed by atoms with van der Waals surface area (Å²) in [4.78, 5) is 26.4. The third-order valence-corrected chi connectivity index (χ3v) is 2.85. The second kappa shape index (κ2) is 5.48. The molecular formula is C14H14N2O3. The van der Waals surface area contributed by atoms with Crippen LogP contribution in [-0.2, 0) is 11.2 Å². The lowest BCUT2D eigenvalue weighted by Gasteiger charge is -2.07. The molecule has 1 heterocycles. The lowest BCUT2D eigenvalue weighted by atomic mass is 10.0. The fourth-order valence-corrected chi connectivity index (χ4v) is 1.86. The van der Waals surface area contributed by atoms with Crippen molar-refractivity contribution in [3.05, 3.63) is 41.7 Å². The number of aliphatic carboxylic acids is 1. The minimum Gasteiger partial charge on any atom is -0.480 e. The highest BCUT2D eigenvalue weighted by Gasteiger charge is 2.12. The molecule has 2 rings (SSSR count). The number of carboxylic acid groups (broad SMARTS) is 1. The fourth-order valence-electron chi connectivity index (χ4n) is 1.86. The summed E-state index contributed by atoms with van der Waals surface area (Å²) in [5, 5.41) is 12.5. The number of aromatic nitrogens is 1. The van der Waals surface area contributed by atoms with Gasteiger partial charge in [0.1, 0.15) is 12.2 Å². The zero-order valence-corrected chi connectivity index (χ0v) is 10.5. The van der Waals surface area contributed by atoms with E-state index in [-0.39, 0.29) is 5.69 Å². The van der Waals surface area contributed by atoms with E-state index in [1.54, 1.807) is 6.20 Å². The van der Waals surface area contributed by atoms with Gasteiger partial charge in [0.15, 0.2) is 0 Å². The van der Waals surface area contributed by atoms with Gasteiger partial charge in [0.25, 0.3) is 5.91 Å². The van der Waals surface area contributed by atoms with Gasteiger partial charge in [-0.05, 0) is 29.5 Å². The highest BCUT2D eigenvalue weighted by Crippen LogP contribution is 2.19. The van der Waals surface area contributed by atoms with Gasteiger partial charge in [-0.1, -0.05) is 19.1 Å². The monoisotopic (exact) mass is 258 g/mol. The van der Waals surface area contributed by atoms with Crippen molar-refractivity contribution in [3.63, 3.8) is 0 Å². The minimum atomic E-state index is -1.08. The maximum Gasteiger partial charge on any atom is 0.322 e. The Morgan fingerprint density at radius 1 is 1.32 bits per heavy atom. The first kappa shape index (κ1) is 13.0. The molecule has 0 spiro atoms. The standard InChI is InChI=1S/C14H14N2O3/c1-2-9-3-4-10-5-6-15-13(11(10)7-9)14(19)16-8-12(17)18/h3-7H,2,8H2,1H3,(H,16,19)(H,17,18). The van der Waals surface area contributed by atoms with Crippen LogP contribution in [0.5, 0.6) is 0 Å². The third kappa shape index (κ3) is 2.88. The van der Waals surface area contributed by atoms with Gasteiger partial charge in [0.2, 0.25) is 0 Å². The summed E-state index contributed by atoms with van der Waals surface area (Å²) in [6.45, 7) is 1.62. The van der Waals surface area contributed by atoms with E-state index in [2.05, 4.69) is 10.3 Å². The predicted octanol–water partition coefficient (Wildman–Crippen LogP) is 1.61. The molecule has 1 aromatic heterocycles. The molecule has 0 bridgehead atoms. The van der Waals surface area contributed by atoms with Crippen molar-refractivity contribution in [1.82, 2.24) is 10.3 Å². The minimum absolute atomic E-state index is 0.258. The van der Waals surface area contributed by atoms with Crippen LogP contribution >= 0.6 is 0 Å². The molecule has 2 aromatic rings. The first-order valence-corrected chi connectivity index (χ1v) is 5.99. The van der Waals surface area contributed by atoms with Gasteiger partial charge in [-0.3, -0.25) is 14.6 Å². The average molecular weight is 258 g/mol. The van der Waals surface area contributed by atoms with Crippen LogP contribution in [0.4, 0.5) is 0 Å². The number of amides is 1. The molecular weight excluding hydrogens is 244 g/mol. The van der Waals surface area contributed by atoms with E-state index in [9.17, 15) is 9.59 Å². The van der Waals surface area contributed by atoms with Gasteiger partial charge < -0.3 is 10.4 Å². The summed E-state index contributed by atoms with van der Waals surface area (Å²) in [7, 11) is 0. The van der Waals surface area contributed by atoms with E-state index >= 15 is 0 Å². The van der Waals surface area contributed by atoms with Crippen molar-refractivity contribution >= 4 is 22.6 Å². The average Bonchev–Trinajstić information content (AvgIpc) is 2.43. The Labute approximate surface area is 110 Å². The molecule has 5 heteroatoms. The Bertz CT molecular complexity index is 638. The van der Waals surface area contributed by atoms with Gasteiger partial charge in [-0.25, -0.2) is 0 Å². The first-order valence-electron chi connectivity index (χ1n) is 5.99. The number of nitrogens with zero attached hydrogens (tertiary/aromatic N) is 1. The number of aryl methyl sites for hydroxylation is 1. The highest BCUT2D eigenvalue weighted by atomic mass is 16.4. The van der Waals surface area contributed by atoms with E-state index in [0.717, 1.165) is 22.8 Å². The number of nitrogens with one attached hydrogen (secondary N) is 1. The number of pyridine rings is 1. The van der Waals surface area contributed by atoms with E-state index in [4.69, 9.17) is 5.11 Å². The van der Waals surface area contributed by atoms with Crippen molar-refractivity contribution in [2.45, 2.75) is 13.3 Å². The summed E-state index contributed by atoms with van der Waals surface area (Å²) < 4.78 is 0. The molecule has 0 aliphatic heterocycles. The summed E-state index contributed by atoms with van der Waals surface area (Å²) in [6, 6.07) is 7.67. The molecule has 2 N–H and O–H groups in total. The summed E-state index contributed by atoms with van der Waals surface area (Å²) in [5.41, 5.74) is 1.36. The third-order valence-electron chi connectivity index (χ3n) is 2.85. The van der Waals surface area contributed by atoms with Crippen LogP contribution in [-0.4, -0.2) is 28.5 Å². The molecule has 0 atom stereocenters. The molecule has 98 valence electrons. The van der Waals surface area contributed by atoms with Crippen LogP contribution < -0.4 is 5.32 Å². The highest BCUT2D eigenvalue weighted by molar-refractivity contribution is 6.05. The van der Waals surface area contributed by atoms with E-state index in [1.807, 2.05) is 31.2 Å². The number of benzene rings is 1. The smallest absolute Gasteiger partial charge is 0.322 e. The molecule has 5 nitrogen and oxygen atoms in total. The fraction of sp³-hybridized carbons (Fsp3) is 0.214. The lowest BCUT2D eigenvalue weighted by Crippen LogP contribution is -2.30. The van der Waals surface area contributed by atoms with Gasteiger partial charge in [-0.15, -0.1) is 0 Å². The van der Waals surface area contributed by atoms with Crippen molar-refractivity contribution in [2.24, 2.45) is 0 Å². The predicted molar refractivity (Wildman–Crippen MR) is 71.1 cm³/mol. The van der Waals surface area contributed by atoms with Gasteiger partial charge in [0.05, 0.1) is 0 Å². The first-order chi connectivity index (χ1) is 9.11. The molecule has 19 heavy (non-hydrogen) atoms. The Balaban J connectivity index is 2.41. The summed E-state index contributed by atoms with van der Waals surface area (Å²) in [6.07, 6.45) is 2.41. The Hall–Kier alpha value is -2.43. The molecule has 0 saturated heterocycles. The number of hydrogen-bond acceptors (Lipinski definition) is 3. The molecule has 0 aliphatic carbocycles. The molecule has 0 fully saturated rings. The zero-order valence-electron chi connectivity index (χ0n) is 10.5. The maximum atomic E-state index is 11.9. The normalized spacial score (nSPS) is 10.4. The number of rotatable bonds is 4. The maximum absolute atomic E-state index is 11.9. The van der Waals surface area contributed by atoms with Crippen LogP contribution in [0.25, 0.3) is 10.8 Å². The number of carbonyl (C=O) groups excluding carboxylic acids is 1. The van der Waals surface area contributed by atoms with Gasteiger partial charge in [0, 0.05) is 11.6 Å². The molecule has 1 amide bonds. The number of carbonyl (C=O) groups is 2. The Kier molecular flexibility index (Phi) is 3.75. The lowest BCUT2D eigenvalue weighted by molar-refractivity contribution is -0.135. The number of carboxylic acids is 1. The van der Waals surface area contributed by atoms with Crippen molar-refractivity contribution in [2.75, 3.05) is 6.54 Å². The number of hydrogen-bond donors (Lipinski definition) is 2. The summed E-state index contributed by atoms with van der Waals surface area (Å²) >= 11 is 0. The molecule has 0 unspecified atom stereocenters. The van der Waals surface area contributed by atoms with Crippen LogP contribution in [0, 0.1) is 0 Å². The quantitative estimate of drug-likeness (QED) is 0.873. The topological polar surface area (TPSA) is 79.3 Å². The summed E-state index contributed by atoms with van der Waals surface area (Å²) in [5.74, 6) is -1.55. The van der Waals surface area contributed by atoms with Crippen molar-refractivity contribution < 1.29 is 14.7 Å². The van der Waals surface area contributed by atoms with Crippen LogP contribution in [0.15, 0.2) is 30.5 Å². The Morgan fingerprint density at radius 3 is 2.79 bits per heavy atom. The zero-order chi connectivity index (χ0) is 13.8. The van der Waals surface area contributed by atoms with E-state index in [0.29, 0.717) is 0 Å². The van der Waals surface area contributed by atoms with Crippen LogP contribution in [0.3, 0.4) is 0 Å². The van der Waals surface area contributed by atoms with Crippen LogP contribution in [0.1, 0.15) is 23.0 Å². The van der Waals surface area contributed by atoms with Gasteiger partial charge >= 0.3 is 5.97 Å². The number of fused-ring (bicyclic) bond motifs is 1. The van der Waals surface area contributed by atoms with Crippen LogP contribution in [0.2, 0.25) is 0 Å². The second-order valence-corrected chi connectivity index (χ2v) is 4.15. The second-order valence-electron chi connectivity index (χ2n) is 4.15. The van der Waals surface area contributed by atoms with Gasteiger partial charge in [-0.2, -0.15) is 0 Å². The van der Waals surface area contributed by atoms with Crippen molar-refractivity contribution in [3.8, 4) is 0 Å². The van der Waals surface area contributed by atoms with Crippen molar-refractivity contribution in [1.29, 1.82) is 0 Å². The SMILES string of the molecule is CCc1ccc2ccnc(C(=O)NCC(=O)O)c2c1. The molecule has 0 aliphatic rings.